The SMILES string of the molecule is CC(C)CCCCCCCCCCCCCCC(=O)O.[Ba]. The molecule has 0 atom stereocenters. The molecule has 0 aliphatic carbocycles. The molecule has 0 aromatic carbocycles. The molecule has 0 fully saturated rings. The van der Waals surface area contributed by atoms with Crippen molar-refractivity contribution in [3.63, 3.8) is 0 Å². The molecule has 0 aromatic rings. The van der Waals surface area contributed by atoms with Gasteiger partial charge < -0.3 is 5.11 Å². The zero-order chi connectivity index (χ0) is 15.1. The fourth-order valence-electron chi connectivity index (χ4n) is 2.60. The Morgan fingerprint density at radius 2 is 1.05 bits per heavy atom. The van der Waals surface area contributed by atoms with Crippen LogP contribution in [0.25, 0.3) is 0 Å². The van der Waals surface area contributed by atoms with E-state index in [-0.39, 0.29) is 48.9 Å². The molecule has 0 saturated carbocycles. The summed E-state index contributed by atoms with van der Waals surface area (Å²) in [5.74, 6) is 0.212. The van der Waals surface area contributed by atoms with Crippen LogP contribution in [-0.4, -0.2) is 60.0 Å². The van der Waals surface area contributed by atoms with Gasteiger partial charge in [0, 0.05) is 55.3 Å². The first kappa shape index (κ1) is 24.3. The summed E-state index contributed by atoms with van der Waals surface area (Å²) < 4.78 is 0. The van der Waals surface area contributed by atoms with Gasteiger partial charge >= 0.3 is 5.97 Å². The standard InChI is InChI=1S/C18H36O2.Ba/c1-17(2)15-13-11-9-7-5-3-4-6-8-10-12-14-16-18(19)20;/h17H,3-16H2,1-2H3,(H,19,20);. The van der Waals surface area contributed by atoms with Crippen LogP contribution in [0.5, 0.6) is 0 Å². The number of hydrogen-bond acceptors (Lipinski definition) is 1. The first-order chi connectivity index (χ1) is 9.63. The van der Waals surface area contributed by atoms with E-state index in [0.29, 0.717) is 6.42 Å². The molecule has 122 valence electrons. The number of carbonyl (C=O) groups is 1. The summed E-state index contributed by atoms with van der Waals surface area (Å²) >= 11 is 0. The summed E-state index contributed by atoms with van der Waals surface area (Å²) in [7, 11) is 0. The maximum atomic E-state index is 10.3. The molecule has 0 aliphatic heterocycles. The Hall–Kier alpha value is 1.04. The Morgan fingerprint density at radius 1 is 0.714 bits per heavy atom. The van der Waals surface area contributed by atoms with Gasteiger partial charge in [-0.25, -0.2) is 0 Å². The molecule has 0 heterocycles. The molecule has 0 saturated heterocycles. The molecule has 0 rings (SSSR count). The van der Waals surface area contributed by atoms with Crippen LogP contribution in [0.1, 0.15) is 104 Å². The Kier molecular flexibility index (Phi) is 22.1. The zero-order valence-electron chi connectivity index (χ0n) is 14.5. The second-order valence-corrected chi connectivity index (χ2v) is 6.57. The largest absolute Gasteiger partial charge is 0.481 e. The number of carboxylic acid groups (broad SMARTS) is 1. The minimum Gasteiger partial charge on any atom is -0.481 e. The monoisotopic (exact) mass is 422 g/mol. The predicted octanol–water partition coefficient (Wildman–Crippen LogP) is 5.81. The van der Waals surface area contributed by atoms with Gasteiger partial charge in [0.2, 0.25) is 0 Å². The molecule has 0 aromatic heterocycles. The molecule has 0 amide bonds. The van der Waals surface area contributed by atoms with E-state index in [1.165, 1.54) is 70.6 Å². The van der Waals surface area contributed by atoms with Crippen molar-refractivity contribution in [1.29, 1.82) is 0 Å². The van der Waals surface area contributed by atoms with Gasteiger partial charge in [-0.15, -0.1) is 0 Å². The van der Waals surface area contributed by atoms with Gasteiger partial charge in [0.25, 0.3) is 0 Å². The van der Waals surface area contributed by atoms with Crippen molar-refractivity contribution < 1.29 is 9.90 Å². The van der Waals surface area contributed by atoms with Crippen LogP contribution in [0.3, 0.4) is 0 Å². The van der Waals surface area contributed by atoms with Gasteiger partial charge in [-0.1, -0.05) is 90.9 Å². The second kappa shape index (κ2) is 19.1. The average Bonchev–Trinajstić information content (AvgIpc) is 2.38. The van der Waals surface area contributed by atoms with Crippen molar-refractivity contribution in [2.45, 2.75) is 104 Å². The molecule has 1 N–H and O–H groups in total. The predicted molar refractivity (Wildman–Crippen MR) is 92.9 cm³/mol. The molecule has 0 aliphatic rings. The Labute approximate surface area is 172 Å². The maximum absolute atomic E-state index is 10.3. The summed E-state index contributed by atoms with van der Waals surface area (Å²) in [6.07, 6.45) is 17.3. The summed E-state index contributed by atoms with van der Waals surface area (Å²) in [6, 6.07) is 0. The van der Waals surface area contributed by atoms with E-state index in [1.54, 1.807) is 0 Å². The van der Waals surface area contributed by atoms with Crippen LogP contribution < -0.4 is 0 Å². The van der Waals surface area contributed by atoms with Crippen molar-refractivity contribution >= 4 is 54.9 Å². The first-order valence-corrected chi connectivity index (χ1v) is 8.84. The van der Waals surface area contributed by atoms with Crippen LogP contribution in [0.15, 0.2) is 0 Å². The van der Waals surface area contributed by atoms with Crippen molar-refractivity contribution in [2.24, 2.45) is 5.92 Å². The molecule has 0 unspecified atom stereocenters. The van der Waals surface area contributed by atoms with Gasteiger partial charge in [-0.2, -0.15) is 0 Å². The zero-order valence-corrected chi connectivity index (χ0v) is 19.0. The molecular formula is C18H36BaO2. The van der Waals surface area contributed by atoms with E-state index in [2.05, 4.69) is 13.8 Å². The number of carboxylic acids is 1. The fraction of sp³-hybridized carbons (Fsp3) is 0.944. The molecule has 2 radical (unpaired) electrons. The number of unbranched alkanes of at least 4 members (excludes halogenated alkanes) is 11. The summed E-state index contributed by atoms with van der Waals surface area (Å²) in [6.45, 7) is 4.61. The molecule has 21 heavy (non-hydrogen) atoms. The van der Waals surface area contributed by atoms with E-state index >= 15 is 0 Å². The van der Waals surface area contributed by atoms with Crippen LogP contribution in [0.2, 0.25) is 0 Å². The smallest absolute Gasteiger partial charge is 0.303 e. The van der Waals surface area contributed by atoms with E-state index in [0.717, 1.165) is 18.8 Å². The van der Waals surface area contributed by atoms with Crippen LogP contribution in [0.4, 0.5) is 0 Å². The van der Waals surface area contributed by atoms with E-state index in [9.17, 15) is 4.79 Å². The maximum Gasteiger partial charge on any atom is 0.303 e. The van der Waals surface area contributed by atoms with Crippen LogP contribution in [-0.2, 0) is 4.79 Å². The van der Waals surface area contributed by atoms with Crippen molar-refractivity contribution in [3.05, 3.63) is 0 Å². The average molecular weight is 422 g/mol. The quantitative estimate of drug-likeness (QED) is 0.268. The minimum absolute atomic E-state index is 0. The molecule has 0 bridgehead atoms. The van der Waals surface area contributed by atoms with Crippen LogP contribution in [0, 0.1) is 5.92 Å². The third-order valence-corrected chi connectivity index (χ3v) is 3.92. The first-order valence-electron chi connectivity index (χ1n) is 8.84. The number of aliphatic carboxylic acids is 1. The molecule has 3 heteroatoms. The Morgan fingerprint density at radius 3 is 1.38 bits per heavy atom. The summed E-state index contributed by atoms with van der Waals surface area (Å²) in [5, 5.41) is 8.52. The number of hydrogen-bond donors (Lipinski definition) is 1. The second-order valence-electron chi connectivity index (χ2n) is 6.57. The third-order valence-electron chi connectivity index (χ3n) is 3.92. The van der Waals surface area contributed by atoms with Gasteiger partial charge in [0.05, 0.1) is 0 Å². The topological polar surface area (TPSA) is 37.3 Å². The minimum atomic E-state index is -0.654. The normalized spacial score (nSPS) is 10.6. The van der Waals surface area contributed by atoms with Crippen molar-refractivity contribution in [2.75, 3.05) is 0 Å². The fourth-order valence-corrected chi connectivity index (χ4v) is 2.60. The molecular weight excluding hydrogens is 386 g/mol. The number of rotatable bonds is 15. The van der Waals surface area contributed by atoms with Crippen molar-refractivity contribution in [1.82, 2.24) is 0 Å². The molecule has 0 spiro atoms. The molecule has 2 nitrogen and oxygen atoms in total. The van der Waals surface area contributed by atoms with Gasteiger partial charge in [0.1, 0.15) is 0 Å². The van der Waals surface area contributed by atoms with E-state index in [4.69, 9.17) is 5.11 Å². The van der Waals surface area contributed by atoms with E-state index in [1.807, 2.05) is 0 Å². The Bertz CT molecular complexity index is 217. The summed E-state index contributed by atoms with van der Waals surface area (Å²) in [4.78, 5) is 10.3. The van der Waals surface area contributed by atoms with E-state index < -0.39 is 5.97 Å². The Balaban J connectivity index is 0. The van der Waals surface area contributed by atoms with Crippen molar-refractivity contribution in [3.8, 4) is 0 Å². The van der Waals surface area contributed by atoms with Gasteiger partial charge in [0.15, 0.2) is 0 Å². The third kappa shape index (κ3) is 23.4. The van der Waals surface area contributed by atoms with Crippen LogP contribution >= 0.6 is 0 Å². The van der Waals surface area contributed by atoms with Gasteiger partial charge in [-0.05, 0) is 12.3 Å². The summed E-state index contributed by atoms with van der Waals surface area (Å²) in [5.41, 5.74) is 0. The van der Waals surface area contributed by atoms with Gasteiger partial charge in [-0.3, -0.25) is 4.79 Å².